The second-order valence-corrected chi connectivity index (χ2v) is 7.31. The van der Waals surface area contributed by atoms with Crippen molar-refractivity contribution >= 4 is 47.2 Å². The molecule has 0 radical (unpaired) electrons. The first-order valence-electron chi connectivity index (χ1n) is 8.47. The normalized spacial score (nSPS) is 19.9. The smallest absolute Gasteiger partial charge is 0.234 e. The van der Waals surface area contributed by atoms with Crippen LogP contribution in [0.2, 0.25) is 0 Å². The Morgan fingerprint density at radius 1 is 1.38 bits per heavy atom. The molecule has 2 saturated heterocycles. The van der Waals surface area contributed by atoms with Crippen LogP contribution in [0, 0.1) is 5.41 Å². The number of nitrogens with zero attached hydrogens (tertiary/aromatic N) is 2. The summed E-state index contributed by atoms with van der Waals surface area (Å²) in [5.74, 6) is 0.0260. The third-order valence-corrected chi connectivity index (χ3v) is 5.53. The average Bonchev–Trinajstić information content (AvgIpc) is 3.04. The van der Waals surface area contributed by atoms with Gasteiger partial charge in [0.1, 0.15) is 0 Å². The number of ether oxygens (including phenoxy) is 2. The van der Waals surface area contributed by atoms with E-state index in [1.807, 2.05) is 5.38 Å². The molecule has 0 unspecified atom stereocenters. The summed E-state index contributed by atoms with van der Waals surface area (Å²) >= 11 is 1.49. The van der Waals surface area contributed by atoms with Crippen molar-refractivity contribution in [2.24, 2.45) is 5.41 Å². The number of morpholine rings is 1. The lowest BCUT2D eigenvalue weighted by Gasteiger charge is -2.35. The summed E-state index contributed by atoms with van der Waals surface area (Å²) in [4.78, 5) is 19.7. The van der Waals surface area contributed by atoms with Crippen LogP contribution in [0.25, 0.3) is 0 Å². The molecule has 0 aromatic carbocycles. The number of hydrogen-bond donors (Lipinski definition) is 2. The molecule has 3 rings (SSSR count). The third kappa shape index (κ3) is 6.02. The minimum Gasteiger partial charge on any atom is -0.384 e. The lowest BCUT2D eigenvalue weighted by molar-refractivity contribution is -0.130. The maximum absolute atomic E-state index is 12.8. The van der Waals surface area contributed by atoms with Gasteiger partial charge in [0.05, 0.1) is 30.9 Å². The zero-order chi connectivity index (χ0) is 16.8. The van der Waals surface area contributed by atoms with Gasteiger partial charge in [-0.25, -0.2) is 4.98 Å². The number of thiazole rings is 1. The number of piperidine rings is 1. The molecule has 0 atom stereocenters. The number of anilines is 1. The van der Waals surface area contributed by atoms with Crippen LogP contribution in [0.15, 0.2) is 5.38 Å². The van der Waals surface area contributed by atoms with Crippen LogP contribution >= 0.6 is 36.2 Å². The minimum absolute atomic E-state index is 0. The highest BCUT2D eigenvalue weighted by Crippen LogP contribution is 2.31. The monoisotopic (exact) mass is 426 g/mol. The molecule has 0 spiro atoms. The van der Waals surface area contributed by atoms with Crippen molar-refractivity contribution in [3.8, 4) is 0 Å². The number of aromatic nitrogens is 1. The van der Waals surface area contributed by atoms with Crippen LogP contribution in [0.4, 0.5) is 5.13 Å². The summed E-state index contributed by atoms with van der Waals surface area (Å²) in [5.41, 5.74) is 0.555. The van der Waals surface area contributed by atoms with Gasteiger partial charge >= 0.3 is 0 Å². The van der Waals surface area contributed by atoms with Crippen molar-refractivity contribution in [3.05, 3.63) is 11.1 Å². The molecule has 10 heteroatoms. The molecule has 0 aliphatic carbocycles. The maximum Gasteiger partial charge on any atom is 0.234 e. The van der Waals surface area contributed by atoms with E-state index in [2.05, 4.69) is 20.5 Å². The topological polar surface area (TPSA) is 75.7 Å². The van der Waals surface area contributed by atoms with Crippen LogP contribution in [0.3, 0.4) is 0 Å². The van der Waals surface area contributed by atoms with Crippen LogP contribution in [0.1, 0.15) is 18.5 Å². The van der Waals surface area contributed by atoms with E-state index in [0.717, 1.165) is 64.5 Å². The Labute approximate surface area is 171 Å². The quantitative estimate of drug-likeness (QED) is 0.721. The standard InChI is InChI=1S/C16H26N4O3S.2ClH/c1-22-12-16(2-4-17-5-3-16)14(21)19-15-18-13(11-24-15)10-20-6-8-23-9-7-20;;/h11,17H,2-10,12H2,1H3,(H,18,19,21);2*1H. The highest BCUT2D eigenvalue weighted by molar-refractivity contribution is 7.13. The fourth-order valence-electron chi connectivity index (χ4n) is 3.27. The van der Waals surface area contributed by atoms with Crippen molar-refractivity contribution in [1.82, 2.24) is 15.2 Å². The van der Waals surface area contributed by atoms with Gasteiger partial charge in [-0.3, -0.25) is 9.69 Å². The van der Waals surface area contributed by atoms with Gasteiger partial charge in [-0.05, 0) is 25.9 Å². The SMILES string of the molecule is COCC1(C(=O)Nc2nc(CN3CCOCC3)cs2)CCNCC1.Cl.Cl. The molecule has 2 fully saturated rings. The van der Waals surface area contributed by atoms with Gasteiger partial charge in [0, 0.05) is 32.1 Å². The number of halogens is 2. The van der Waals surface area contributed by atoms with E-state index in [1.165, 1.54) is 11.3 Å². The summed E-state index contributed by atoms with van der Waals surface area (Å²) in [7, 11) is 1.65. The Morgan fingerprint density at radius 2 is 2.08 bits per heavy atom. The lowest BCUT2D eigenvalue weighted by Crippen LogP contribution is -2.47. The molecule has 150 valence electrons. The summed E-state index contributed by atoms with van der Waals surface area (Å²) in [6, 6.07) is 0. The minimum atomic E-state index is -0.448. The lowest BCUT2D eigenvalue weighted by atomic mass is 9.79. The first kappa shape index (κ1) is 23.6. The molecule has 1 aromatic heterocycles. The van der Waals surface area contributed by atoms with Crippen molar-refractivity contribution in [3.63, 3.8) is 0 Å². The zero-order valence-electron chi connectivity index (χ0n) is 15.0. The van der Waals surface area contributed by atoms with Gasteiger partial charge in [-0.2, -0.15) is 0 Å². The summed E-state index contributed by atoms with van der Waals surface area (Å²) < 4.78 is 10.7. The number of carbonyl (C=O) groups excluding carboxylic acids is 1. The average molecular weight is 427 g/mol. The van der Waals surface area contributed by atoms with Gasteiger partial charge in [-0.15, -0.1) is 36.2 Å². The maximum atomic E-state index is 12.8. The molecule has 0 saturated carbocycles. The van der Waals surface area contributed by atoms with Crippen LogP contribution in [-0.2, 0) is 20.8 Å². The predicted molar refractivity (Wildman–Crippen MR) is 108 cm³/mol. The Kier molecular flexibility index (Phi) is 10.3. The zero-order valence-corrected chi connectivity index (χ0v) is 17.4. The van der Waals surface area contributed by atoms with Crippen molar-refractivity contribution in [2.75, 3.05) is 58.4 Å². The van der Waals surface area contributed by atoms with Crippen molar-refractivity contribution < 1.29 is 14.3 Å². The number of rotatable bonds is 6. The van der Waals surface area contributed by atoms with Gasteiger partial charge in [0.2, 0.25) is 5.91 Å². The Hall–Kier alpha value is -0.480. The summed E-state index contributed by atoms with van der Waals surface area (Å²) in [5, 5.41) is 9.02. The molecule has 3 heterocycles. The molecular formula is C16H28Cl2N4O3S. The largest absolute Gasteiger partial charge is 0.384 e. The van der Waals surface area contributed by atoms with Gasteiger partial charge < -0.3 is 20.1 Å². The Balaban J connectivity index is 0.00000169. The highest BCUT2D eigenvalue weighted by atomic mass is 35.5. The van der Waals surface area contributed by atoms with Crippen LogP contribution < -0.4 is 10.6 Å². The van der Waals surface area contributed by atoms with Crippen molar-refractivity contribution in [1.29, 1.82) is 0 Å². The van der Waals surface area contributed by atoms with E-state index in [1.54, 1.807) is 7.11 Å². The van der Waals surface area contributed by atoms with Crippen LogP contribution in [0.5, 0.6) is 0 Å². The van der Waals surface area contributed by atoms with Crippen LogP contribution in [-0.4, -0.2) is 68.9 Å². The fourth-order valence-corrected chi connectivity index (χ4v) is 3.97. The van der Waals surface area contributed by atoms with Gasteiger partial charge in [0.25, 0.3) is 0 Å². The Morgan fingerprint density at radius 3 is 2.73 bits per heavy atom. The molecule has 7 nitrogen and oxygen atoms in total. The van der Waals surface area contributed by atoms with Gasteiger partial charge in [-0.1, -0.05) is 0 Å². The second kappa shape index (κ2) is 11.4. The Bertz CT molecular complexity index is 544. The molecule has 2 aliphatic heterocycles. The number of carbonyl (C=O) groups is 1. The number of methoxy groups -OCH3 is 1. The summed E-state index contributed by atoms with van der Waals surface area (Å²) in [6.45, 7) is 6.37. The van der Waals surface area contributed by atoms with E-state index < -0.39 is 5.41 Å². The van der Waals surface area contributed by atoms with E-state index in [0.29, 0.717) is 11.7 Å². The molecule has 2 N–H and O–H groups in total. The van der Waals surface area contributed by atoms with Gasteiger partial charge in [0.15, 0.2) is 5.13 Å². The molecule has 1 amide bonds. The molecule has 26 heavy (non-hydrogen) atoms. The molecular weight excluding hydrogens is 399 g/mol. The van der Waals surface area contributed by atoms with E-state index in [4.69, 9.17) is 9.47 Å². The fraction of sp³-hybridized carbons (Fsp3) is 0.750. The predicted octanol–water partition coefficient (Wildman–Crippen LogP) is 1.77. The third-order valence-electron chi connectivity index (χ3n) is 4.72. The molecule has 1 aromatic rings. The van der Waals surface area contributed by atoms with E-state index in [-0.39, 0.29) is 30.7 Å². The second-order valence-electron chi connectivity index (χ2n) is 6.45. The number of hydrogen-bond acceptors (Lipinski definition) is 7. The first-order valence-corrected chi connectivity index (χ1v) is 9.35. The first-order chi connectivity index (χ1) is 11.7. The highest BCUT2D eigenvalue weighted by Gasteiger charge is 2.40. The van der Waals surface area contributed by atoms with Crippen molar-refractivity contribution in [2.45, 2.75) is 19.4 Å². The van der Waals surface area contributed by atoms with E-state index >= 15 is 0 Å². The van der Waals surface area contributed by atoms with E-state index in [9.17, 15) is 4.79 Å². The number of amides is 1. The summed E-state index contributed by atoms with van der Waals surface area (Å²) in [6.07, 6.45) is 1.58. The molecule has 2 aliphatic rings. The number of nitrogens with one attached hydrogen (secondary N) is 2. The molecule has 0 bridgehead atoms.